The van der Waals surface area contributed by atoms with E-state index >= 15 is 0 Å². The molecule has 2 aromatic carbocycles. The van der Waals surface area contributed by atoms with Crippen LogP contribution in [0.1, 0.15) is 38.2 Å². The molecule has 0 aromatic heterocycles. The molecule has 1 aliphatic rings. The third-order valence-corrected chi connectivity index (χ3v) is 5.91. The second kappa shape index (κ2) is 8.50. The number of esters is 1. The van der Waals surface area contributed by atoms with Crippen LogP contribution in [0.25, 0.3) is 0 Å². The molecule has 1 fully saturated rings. The Kier molecular flexibility index (Phi) is 6.26. The van der Waals surface area contributed by atoms with Crippen molar-refractivity contribution in [3.8, 4) is 0 Å². The van der Waals surface area contributed by atoms with Gasteiger partial charge in [-0.05, 0) is 49.6 Å². The third-order valence-electron chi connectivity index (χ3n) is 5.09. The van der Waals surface area contributed by atoms with Gasteiger partial charge < -0.3 is 10.1 Å². The molecule has 4 nitrogen and oxygen atoms in total. The van der Waals surface area contributed by atoms with E-state index in [-0.39, 0.29) is 5.02 Å². The lowest BCUT2D eigenvalue weighted by Gasteiger charge is -2.28. The Bertz CT molecular complexity index is 897. The van der Waals surface area contributed by atoms with E-state index in [4.69, 9.17) is 27.9 Å². The highest BCUT2D eigenvalue weighted by Gasteiger charge is 2.45. The maximum atomic E-state index is 13.7. The number of anilines is 1. The van der Waals surface area contributed by atoms with E-state index in [2.05, 4.69) is 5.32 Å². The van der Waals surface area contributed by atoms with Gasteiger partial charge in [-0.1, -0.05) is 54.2 Å². The summed E-state index contributed by atoms with van der Waals surface area (Å²) in [5.41, 5.74) is -0.00656. The maximum Gasteiger partial charge on any atom is 0.317 e. The Morgan fingerprint density at radius 1 is 1.14 bits per heavy atom. The van der Waals surface area contributed by atoms with Gasteiger partial charge in [-0.25, -0.2) is 4.39 Å². The third kappa shape index (κ3) is 4.15. The van der Waals surface area contributed by atoms with Crippen LogP contribution in [-0.2, 0) is 19.7 Å². The molecule has 0 heterocycles. The molecule has 1 N–H and O–H groups in total. The molecule has 0 radical (unpaired) electrons. The lowest BCUT2D eigenvalue weighted by atomic mass is 9.79. The van der Waals surface area contributed by atoms with E-state index in [0.29, 0.717) is 29.1 Å². The number of ether oxygens (including phenoxy) is 1. The quantitative estimate of drug-likeness (QED) is 0.644. The van der Waals surface area contributed by atoms with Crippen molar-refractivity contribution in [2.24, 2.45) is 0 Å². The first kappa shape index (κ1) is 20.6. The first-order chi connectivity index (χ1) is 13.3. The molecule has 28 heavy (non-hydrogen) atoms. The first-order valence-corrected chi connectivity index (χ1v) is 9.81. The number of halogens is 3. The van der Waals surface area contributed by atoms with E-state index in [1.807, 2.05) is 0 Å². The maximum absolute atomic E-state index is 13.7. The van der Waals surface area contributed by atoms with Crippen LogP contribution in [0.5, 0.6) is 0 Å². The van der Waals surface area contributed by atoms with E-state index in [1.165, 1.54) is 19.1 Å². The van der Waals surface area contributed by atoms with Crippen LogP contribution in [-0.4, -0.2) is 18.0 Å². The lowest BCUT2D eigenvalue weighted by Crippen LogP contribution is -2.40. The van der Waals surface area contributed by atoms with Crippen molar-refractivity contribution in [2.45, 2.75) is 44.1 Å². The number of carbonyl (C=O) groups is 2. The SMILES string of the molecule is C[C@@H](OC(=O)C1(c2cccc(F)c2)CCCC1)C(=O)Nc1cccc(Cl)c1Cl. The number of nitrogens with one attached hydrogen (secondary N) is 1. The molecular weight excluding hydrogens is 404 g/mol. The van der Waals surface area contributed by atoms with Gasteiger partial charge in [0.25, 0.3) is 5.91 Å². The minimum absolute atomic E-state index is 0.211. The summed E-state index contributed by atoms with van der Waals surface area (Å²) in [7, 11) is 0. The zero-order chi connectivity index (χ0) is 20.3. The van der Waals surface area contributed by atoms with Gasteiger partial charge in [-0.2, -0.15) is 0 Å². The van der Waals surface area contributed by atoms with Gasteiger partial charge in [-0.15, -0.1) is 0 Å². The summed E-state index contributed by atoms with van der Waals surface area (Å²) < 4.78 is 19.2. The minimum atomic E-state index is -1.05. The first-order valence-electron chi connectivity index (χ1n) is 9.05. The van der Waals surface area contributed by atoms with Crippen LogP contribution < -0.4 is 5.32 Å². The Labute approximate surface area is 173 Å². The second-order valence-electron chi connectivity index (χ2n) is 6.94. The Morgan fingerprint density at radius 3 is 2.50 bits per heavy atom. The highest BCUT2D eigenvalue weighted by molar-refractivity contribution is 6.44. The van der Waals surface area contributed by atoms with Crippen molar-refractivity contribution in [1.29, 1.82) is 0 Å². The van der Waals surface area contributed by atoms with Gasteiger partial charge in [-0.3, -0.25) is 9.59 Å². The summed E-state index contributed by atoms with van der Waals surface area (Å²) in [6, 6.07) is 10.9. The molecule has 0 bridgehead atoms. The number of rotatable bonds is 5. The molecule has 0 unspecified atom stereocenters. The molecule has 148 valence electrons. The van der Waals surface area contributed by atoms with E-state index in [0.717, 1.165) is 12.8 Å². The van der Waals surface area contributed by atoms with Gasteiger partial charge in [0, 0.05) is 0 Å². The fourth-order valence-corrected chi connectivity index (χ4v) is 3.88. The fraction of sp³-hybridized carbons (Fsp3) is 0.333. The number of hydrogen-bond donors (Lipinski definition) is 1. The van der Waals surface area contributed by atoms with Crippen LogP contribution in [0.15, 0.2) is 42.5 Å². The number of hydrogen-bond acceptors (Lipinski definition) is 3. The van der Waals surface area contributed by atoms with Crippen molar-refractivity contribution < 1.29 is 18.7 Å². The van der Waals surface area contributed by atoms with Crippen molar-refractivity contribution >= 4 is 40.8 Å². The molecule has 1 saturated carbocycles. The number of benzene rings is 2. The topological polar surface area (TPSA) is 55.4 Å². The Morgan fingerprint density at radius 2 is 1.82 bits per heavy atom. The van der Waals surface area contributed by atoms with Crippen LogP contribution in [0.4, 0.5) is 10.1 Å². The van der Waals surface area contributed by atoms with Crippen molar-refractivity contribution in [3.63, 3.8) is 0 Å². The molecule has 0 aliphatic heterocycles. The Hall–Kier alpha value is -2.11. The van der Waals surface area contributed by atoms with Gasteiger partial charge in [0.2, 0.25) is 0 Å². The zero-order valence-corrected chi connectivity index (χ0v) is 16.8. The van der Waals surface area contributed by atoms with E-state index in [1.54, 1.807) is 30.3 Å². The average Bonchev–Trinajstić information content (AvgIpc) is 3.16. The number of amides is 1. The summed E-state index contributed by atoms with van der Waals surface area (Å²) >= 11 is 12.0. The molecule has 1 amide bonds. The molecule has 7 heteroatoms. The van der Waals surface area contributed by atoms with E-state index in [9.17, 15) is 14.0 Å². The second-order valence-corrected chi connectivity index (χ2v) is 7.72. The number of carbonyl (C=O) groups excluding carboxylic acids is 2. The summed E-state index contributed by atoms with van der Waals surface area (Å²) in [6.07, 6.45) is 1.75. The lowest BCUT2D eigenvalue weighted by molar-refractivity contribution is -0.159. The molecular formula is C21H20Cl2FNO3. The molecule has 0 spiro atoms. The van der Waals surface area contributed by atoms with E-state index < -0.39 is 29.2 Å². The van der Waals surface area contributed by atoms with Crippen LogP contribution in [0.3, 0.4) is 0 Å². The standard InChI is InChI=1S/C21H20Cl2FNO3/c1-13(19(26)25-17-9-5-8-16(22)18(17)23)28-20(27)21(10-2-3-11-21)14-6-4-7-15(24)12-14/h4-9,12-13H,2-3,10-11H2,1H3,(H,25,26)/t13-/m1/s1. The summed E-state index contributed by atoms with van der Waals surface area (Å²) in [5.74, 6) is -1.45. The highest BCUT2D eigenvalue weighted by atomic mass is 35.5. The predicted octanol–water partition coefficient (Wildman–Crippen LogP) is 5.51. The summed E-state index contributed by atoms with van der Waals surface area (Å²) in [5, 5.41) is 3.13. The fourth-order valence-electron chi connectivity index (χ4n) is 3.54. The molecule has 1 atom stereocenters. The van der Waals surface area contributed by atoms with Crippen molar-refractivity contribution in [3.05, 3.63) is 63.9 Å². The normalized spacial score (nSPS) is 16.4. The zero-order valence-electron chi connectivity index (χ0n) is 15.3. The molecule has 1 aliphatic carbocycles. The molecule has 2 aromatic rings. The summed E-state index contributed by atoms with van der Waals surface area (Å²) in [4.78, 5) is 25.5. The predicted molar refractivity (Wildman–Crippen MR) is 107 cm³/mol. The highest BCUT2D eigenvalue weighted by Crippen LogP contribution is 2.42. The molecule has 0 saturated heterocycles. The average molecular weight is 424 g/mol. The summed E-state index contributed by atoms with van der Waals surface area (Å²) in [6.45, 7) is 1.49. The van der Waals surface area contributed by atoms with Gasteiger partial charge in [0.05, 0.1) is 21.1 Å². The van der Waals surface area contributed by atoms with Crippen molar-refractivity contribution in [2.75, 3.05) is 5.32 Å². The van der Waals surface area contributed by atoms with Crippen LogP contribution in [0.2, 0.25) is 10.0 Å². The van der Waals surface area contributed by atoms with Gasteiger partial charge >= 0.3 is 5.97 Å². The minimum Gasteiger partial charge on any atom is -0.452 e. The smallest absolute Gasteiger partial charge is 0.317 e. The Balaban J connectivity index is 1.75. The van der Waals surface area contributed by atoms with Crippen LogP contribution in [0, 0.1) is 5.82 Å². The molecule has 3 rings (SSSR count). The van der Waals surface area contributed by atoms with Gasteiger partial charge in [0.1, 0.15) is 5.82 Å². The van der Waals surface area contributed by atoms with Gasteiger partial charge in [0.15, 0.2) is 6.10 Å². The van der Waals surface area contributed by atoms with Crippen molar-refractivity contribution in [1.82, 2.24) is 0 Å². The monoisotopic (exact) mass is 423 g/mol. The largest absolute Gasteiger partial charge is 0.452 e. The van der Waals surface area contributed by atoms with Crippen LogP contribution >= 0.6 is 23.2 Å².